The number of hydrogen-bond donors (Lipinski definition) is 1. The van der Waals surface area contributed by atoms with E-state index in [2.05, 4.69) is 59.6 Å². The minimum absolute atomic E-state index is 0.438. The van der Waals surface area contributed by atoms with Crippen molar-refractivity contribution < 1.29 is 4.52 Å². The smallest absolute Gasteiger partial charge is 0.343 e. The van der Waals surface area contributed by atoms with Gasteiger partial charge in [0.2, 0.25) is 0 Å². The van der Waals surface area contributed by atoms with Gasteiger partial charge in [-0.25, -0.2) is 4.79 Å². The third kappa shape index (κ3) is 2.73. The first-order valence-corrected chi connectivity index (χ1v) is 7.88. The fraction of sp³-hybridized carbons (Fsp3) is 0.0588. The van der Waals surface area contributed by atoms with Crippen LogP contribution in [0.4, 0.5) is 0 Å². The van der Waals surface area contributed by atoms with E-state index in [-0.39, 0.29) is 0 Å². The molecule has 1 N–H and O–H groups in total. The van der Waals surface area contributed by atoms with Crippen LogP contribution in [0.15, 0.2) is 68.5 Å². The Morgan fingerprint density at radius 3 is 2.70 bits per heavy atom. The molecule has 0 amide bonds. The van der Waals surface area contributed by atoms with Crippen LogP contribution in [0.25, 0.3) is 22.3 Å². The number of fused-ring (bicyclic) bond motifs is 1. The van der Waals surface area contributed by atoms with Gasteiger partial charge in [-0.05, 0) is 35.2 Å². The zero-order chi connectivity index (χ0) is 15.8. The van der Waals surface area contributed by atoms with Crippen molar-refractivity contribution in [2.45, 2.75) is 6.54 Å². The van der Waals surface area contributed by atoms with E-state index in [1.54, 1.807) is 0 Å². The van der Waals surface area contributed by atoms with Gasteiger partial charge in [-0.2, -0.15) is 0 Å². The van der Waals surface area contributed by atoms with Crippen LogP contribution in [0.1, 0.15) is 5.56 Å². The first-order chi connectivity index (χ1) is 11.2. The van der Waals surface area contributed by atoms with Gasteiger partial charge < -0.3 is 4.57 Å². The molecule has 0 spiro atoms. The molecule has 0 unspecified atom stereocenters. The zero-order valence-corrected chi connectivity index (χ0v) is 13.6. The average Bonchev–Trinajstić information content (AvgIpc) is 3.16. The van der Waals surface area contributed by atoms with Gasteiger partial charge in [-0.1, -0.05) is 45.4 Å². The second kappa shape index (κ2) is 5.55. The second-order valence-corrected chi connectivity index (χ2v) is 6.20. The molecule has 23 heavy (non-hydrogen) atoms. The first kappa shape index (κ1) is 14.0. The molecule has 0 fully saturated rings. The molecule has 6 heteroatoms. The summed E-state index contributed by atoms with van der Waals surface area (Å²) in [4.78, 5) is 13.7. The monoisotopic (exact) mass is 369 g/mol. The molecule has 4 rings (SSSR count). The highest BCUT2D eigenvalue weighted by molar-refractivity contribution is 9.10. The third-order valence-electron chi connectivity index (χ3n) is 3.75. The lowest BCUT2D eigenvalue weighted by Gasteiger charge is -2.07. The summed E-state index contributed by atoms with van der Waals surface area (Å²) in [5.74, 6) is -0.112. The molecule has 0 saturated heterocycles. The minimum atomic E-state index is -0.551. The van der Waals surface area contributed by atoms with Crippen molar-refractivity contribution in [1.29, 1.82) is 0 Å². The van der Waals surface area contributed by atoms with Gasteiger partial charge in [0.05, 0.1) is 0 Å². The summed E-state index contributed by atoms with van der Waals surface area (Å²) < 4.78 is 7.81. The highest BCUT2D eigenvalue weighted by Crippen LogP contribution is 2.23. The van der Waals surface area contributed by atoms with Gasteiger partial charge in [0.25, 0.3) is 0 Å². The van der Waals surface area contributed by atoms with E-state index in [0.29, 0.717) is 5.82 Å². The van der Waals surface area contributed by atoms with Gasteiger partial charge in [-0.15, -0.1) is 0 Å². The average molecular weight is 370 g/mol. The number of aromatic nitrogens is 3. The Bertz CT molecular complexity index is 1030. The molecule has 0 aliphatic carbocycles. The van der Waals surface area contributed by atoms with Crippen molar-refractivity contribution in [2.75, 3.05) is 0 Å². The molecule has 0 radical (unpaired) electrons. The van der Waals surface area contributed by atoms with Crippen molar-refractivity contribution in [3.05, 3.63) is 75.3 Å². The summed E-state index contributed by atoms with van der Waals surface area (Å²) in [5.41, 5.74) is 3.11. The Balaban J connectivity index is 1.75. The number of rotatable bonds is 3. The van der Waals surface area contributed by atoms with Crippen molar-refractivity contribution in [3.8, 4) is 11.4 Å². The van der Waals surface area contributed by atoms with Crippen LogP contribution in [0, 0.1) is 0 Å². The van der Waals surface area contributed by atoms with Crippen molar-refractivity contribution in [1.82, 2.24) is 14.7 Å². The summed E-state index contributed by atoms with van der Waals surface area (Å²) >= 11 is 3.45. The Labute approximate surface area is 139 Å². The number of aromatic amines is 1. The predicted octanol–water partition coefficient (Wildman–Crippen LogP) is 3.80. The quantitative estimate of drug-likeness (QED) is 0.597. The maximum atomic E-state index is 11.1. The Hall–Kier alpha value is -2.60. The molecule has 114 valence electrons. The van der Waals surface area contributed by atoms with E-state index in [9.17, 15) is 4.79 Å². The topological polar surface area (TPSA) is 63.8 Å². The van der Waals surface area contributed by atoms with Gasteiger partial charge >= 0.3 is 5.76 Å². The largest absolute Gasteiger partial charge is 0.439 e. The fourth-order valence-electron chi connectivity index (χ4n) is 2.61. The Morgan fingerprint density at radius 2 is 1.96 bits per heavy atom. The van der Waals surface area contributed by atoms with E-state index in [4.69, 9.17) is 0 Å². The van der Waals surface area contributed by atoms with E-state index in [1.807, 2.05) is 30.3 Å². The molecular formula is C17H12BrN3O2. The molecule has 2 aromatic heterocycles. The van der Waals surface area contributed by atoms with Crippen molar-refractivity contribution >= 4 is 26.8 Å². The number of H-pyrrole nitrogens is 1. The first-order valence-electron chi connectivity index (χ1n) is 7.09. The van der Waals surface area contributed by atoms with Crippen molar-refractivity contribution in [3.63, 3.8) is 0 Å². The van der Waals surface area contributed by atoms with E-state index >= 15 is 0 Å². The van der Waals surface area contributed by atoms with E-state index in [1.165, 1.54) is 5.56 Å². The maximum absolute atomic E-state index is 11.1. The molecule has 4 aromatic rings. The minimum Gasteiger partial charge on any atom is -0.343 e. The number of benzene rings is 2. The highest BCUT2D eigenvalue weighted by atomic mass is 79.9. The summed E-state index contributed by atoms with van der Waals surface area (Å²) in [6.07, 6.45) is 2.06. The van der Waals surface area contributed by atoms with E-state index < -0.39 is 5.76 Å². The lowest BCUT2D eigenvalue weighted by Crippen LogP contribution is -1.98. The summed E-state index contributed by atoms with van der Waals surface area (Å²) in [6, 6.07) is 16.3. The second-order valence-electron chi connectivity index (χ2n) is 5.29. The van der Waals surface area contributed by atoms with Crippen LogP contribution in [-0.4, -0.2) is 14.7 Å². The molecule has 5 nitrogen and oxygen atoms in total. The molecule has 0 atom stereocenters. The Kier molecular flexibility index (Phi) is 3.38. The summed E-state index contributed by atoms with van der Waals surface area (Å²) in [6.45, 7) is 0.773. The van der Waals surface area contributed by atoms with Crippen LogP contribution in [0.3, 0.4) is 0 Å². The highest BCUT2D eigenvalue weighted by Gasteiger charge is 2.08. The molecule has 0 aliphatic rings. The SMILES string of the molecule is O=c1[nH]c(-c2ccc3ccn(Cc4ccc(Br)cc4)c3c2)no1. The Morgan fingerprint density at radius 1 is 1.13 bits per heavy atom. The van der Waals surface area contributed by atoms with Crippen LogP contribution < -0.4 is 5.76 Å². The maximum Gasteiger partial charge on any atom is 0.439 e. The molecule has 2 heterocycles. The van der Waals surface area contributed by atoms with E-state index in [0.717, 1.165) is 27.5 Å². The van der Waals surface area contributed by atoms with Crippen molar-refractivity contribution in [2.24, 2.45) is 0 Å². The van der Waals surface area contributed by atoms with Crippen LogP contribution in [0.2, 0.25) is 0 Å². The third-order valence-corrected chi connectivity index (χ3v) is 4.28. The van der Waals surface area contributed by atoms with Crippen LogP contribution in [0.5, 0.6) is 0 Å². The van der Waals surface area contributed by atoms with Gasteiger partial charge in [0.1, 0.15) is 0 Å². The summed E-state index contributed by atoms with van der Waals surface area (Å²) in [5, 5.41) is 4.88. The standard InChI is InChI=1S/C17H12BrN3O2/c18-14-5-1-11(2-6-14)10-21-8-7-12-3-4-13(9-15(12)21)16-19-17(22)23-20-16/h1-9H,10H2,(H,19,20,22). The predicted molar refractivity (Wildman–Crippen MR) is 91.3 cm³/mol. The molecule has 0 bridgehead atoms. The van der Waals surface area contributed by atoms with Gasteiger partial charge in [0.15, 0.2) is 5.82 Å². The number of nitrogens with zero attached hydrogens (tertiary/aromatic N) is 2. The molecule has 2 aromatic carbocycles. The van der Waals surface area contributed by atoms with Gasteiger partial charge in [0, 0.05) is 28.3 Å². The number of halogens is 1. The van der Waals surface area contributed by atoms with Crippen LogP contribution in [-0.2, 0) is 6.54 Å². The number of hydrogen-bond acceptors (Lipinski definition) is 3. The van der Waals surface area contributed by atoms with Crippen LogP contribution >= 0.6 is 15.9 Å². The molecule has 0 saturated carbocycles. The fourth-order valence-corrected chi connectivity index (χ4v) is 2.87. The number of nitrogens with one attached hydrogen (secondary N) is 1. The molecular weight excluding hydrogens is 358 g/mol. The summed E-state index contributed by atoms with van der Waals surface area (Å²) in [7, 11) is 0. The zero-order valence-electron chi connectivity index (χ0n) is 12.0. The molecule has 0 aliphatic heterocycles. The lowest BCUT2D eigenvalue weighted by molar-refractivity contribution is 0.388. The normalized spacial score (nSPS) is 11.2. The lowest BCUT2D eigenvalue weighted by atomic mass is 10.1. The van der Waals surface area contributed by atoms with Gasteiger partial charge in [-0.3, -0.25) is 9.51 Å².